The predicted molar refractivity (Wildman–Crippen MR) is 158 cm³/mol. The van der Waals surface area contributed by atoms with Gasteiger partial charge < -0.3 is 24.3 Å². The van der Waals surface area contributed by atoms with Crippen LogP contribution in [0.3, 0.4) is 0 Å². The van der Waals surface area contributed by atoms with Gasteiger partial charge in [0, 0.05) is 18.0 Å². The lowest BCUT2D eigenvalue weighted by molar-refractivity contribution is -0.166. The molecule has 4 heterocycles. The Kier molecular flexibility index (Phi) is 10.0. The van der Waals surface area contributed by atoms with Crippen LogP contribution < -0.4 is 16.1 Å². The molecule has 232 valence electrons. The van der Waals surface area contributed by atoms with Gasteiger partial charge in [-0.15, -0.1) is 0 Å². The van der Waals surface area contributed by atoms with E-state index >= 15 is 0 Å². The molecule has 2 amide bonds. The van der Waals surface area contributed by atoms with E-state index in [-0.39, 0.29) is 56.2 Å². The van der Waals surface area contributed by atoms with Gasteiger partial charge in [-0.2, -0.15) is 0 Å². The molecule has 3 aliphatic heterocycles. The average molecular weight is 596 g/mol. The van der Waals surface area contributed by atoms with Gasteiger partial charge in [-0.05, 0) is 50.3 Å². The fourth-order valence-electron chi connectivity index (χ4n) is 5.34. The molecule has 0 aliphatic carbocycles. The number of carbonyl (C=O) groups excluding carboxylic acids is 3. The molecule has 2 saturated heterocycles. The smallest absolute Gasteiger partial charge is 0.332 e. The second kappa shape index (κ2) is 13.9. The van der Waals surface area contributed by atoms with Crippen LogP contribution in [-0.2, 0) is 33.3 Å². The first kappa shape index (κ1) is 31.0. The lowest BCUT2D eigenvalue weighted by Crippen LogP contribution is -2.59. The van der Waals surface area contributed by atoms with Crippen LogP contribution in [-0.4, -0.2) is 84.8 Å². The fraction of sp³-hybridized carbons (Fsp3) is 0.548. The first-order chi connectivity index (χ1) is 20.7. The molecule has 6 atom stereocenters. The Bertz CT molecular complexity index is 1350. The first-order valence-electron chi connectivity index (χ1n) is 14.9. The summed E-state index contributed by atoms with van der Waals surface area (Å²) in [4.78, 5) is 43.5. The number of carbonyl (C=O) groups is 3. The second-order valence-electron chi connectivity index (χ2n) is 11.6. The van der Waals surface area contributed by atoms with Gasteiger partial charge in [-0.3, -0.25) is 24.9 Å². The number of fused-ring (bicyclic) bond motifs is 6. The van der Waals surface area contributed by atoms with Crippen molar-refractivity contribution < 1.29 is 33.3 Å². The van der Waals surface area contributed by atoms with E-state index in [0.717, 1.165) is 35.0 Å². The van der Waals surface area contributed by atoms with Crippen molar-refractivity contribution >= 4 is 34.8 Å². The summed E-state index contributed by atoms with van der Waals surface area (Å²) in [5, 5.41) is 8.81. The highest BCUT2D eigenvalue weighted by Gasteiger charge is 2.47. The number of epoxide rings is 1. The number of ether oxygens (including phenoxy) is 4. The second-order valence-corrected chi connectivity index (χ2v) is 11.6. The van der Waals surface area contributed by atoms with Crippen LogP contribution in [0.1, 0.15) is 57.8 Å². The van der Waals surface area contributed by atoms with Crippen molar-refractivity contribution in [2.24, 2.45) is 5.92 Å². The number of esters is 1. The first-order valence-corrected chi connectivity index (χ1v) is 14.9. The zero-order chi connectivity index (χ0) is 30.5. The summed E-state index contributed by atoms with van der Waals surface area (Å²) in [5.74, 6) is -1.83. The highest BCUT2D eigenvalue weighted by Crippen LogP contribution is 2.30. The largest absolute Gasteiger partial charge is 0.450 e. The number of nitrogens with zero attached hydrogens (tertiary/aromatic N) is 2. The number of hydrazine groups is 1. The molecule has 2 fully saturated rings. The van der Waals surface area contributed by atoms with E-state index < -0.39 is 24.0 Å². The summed E-state index contributed by atoms with van der Waals surface area (Å²) in [6, 6.07) is 9.20. The Labute approximate surface area is 251 Å². The van der Waals surface area contributed by atoms with Gasteiger partial charge in [-0.25, -0.2) is 10.2 Å². The molecule has 5 bridgehead atoms. The SMILES string of the molecule is CC(C)[C@@H]1OC(=O)COCOC/C=C/c2ccc3ccc(nc3c2)[C@@H](C)NC2OC2[C@@H]2CCCN(N2)C(=O)[C@H](C)NC1=O. The zero-order valence-corrected chi connectivity index (χ0v) is 25.1. The van der Waals surface area contributed by atoms with Crippen LogP contribution in [0.2, 0.25) is 0 Å². The van der Waals surface area contributed by atoms with E-state index in [4.69, 9.17) is 23.9 Å². The van der Waals surface area contributed by atoms with E-state index in [1.165, 1.54) is 0 Å². The zero-order valence-electron chi connectivity index (χ0n) is 25.1. The van der Waals surface area contributed by atoms with Gasteiger partial charge >= 0.3 is 5.97 Å². The van der Waals surface area contributed by atoms with Crippen molar-refractivity contribution in [2.45, 2.75) is 77.1 Å². The van der Waals surface area contributed by atoms with E-state index in [0.29, 0.717) is 6.54 Å². The van der Waals surface area contributed by atoms with Gasteiger partial charge in [-0.1, -0.05) is 44.2 Å². The molecule has 12 heteroatoms. The number of rotatable bonds is 1. The normalized spacial score (nSPS) is 30.6. The van der Waals surface area contributed by atoms with Crippen LogP contribution >= 0.6 is 0 Å². The van der Waals surface area contributed by atoms with Gasteiger partial charge in [0.25, 0.3) is 11.8 Å². The summed E-state index contributed by atoms with van der Waals surface area (Å²) >= 11 is 0. The number of hydrogen-bond acceptors (Lipinski definition) is 10. The minimum atomic E-state index is -1.07. The van der Waals surface area contributed by atoms with Crippen LogP contribution in [0.25, 0.3) is 17.0 Å². The molecule has 12 nitrogen and oxygen atoms in total. The Morgan fingerprint density at radius 1 is 1.05 bits per heavy atom. The van der Waals surface area contributed by atoms with Gasteiger partial charge in [0.05, 0.1) is 23.9 Å². The number of hydrogen-bond donors (Lipinski definition) is 3. The monoisotopic (exact) mass is 595 g/mol. The van der Waals surface area contributed by atoms with Crippen LogP contribution in [0.5, 0.6) is 0 Å². The summed E-state index contributed by atoms with van der Waals surface area (Å²) in [6.45, 7) is 7.50. The van der Waals surface area contributed by atoms with Gasteiger partial charge in [0.15, 0.2) is 6.10 Å². The summed E-state index contributed by atoms with van der Waals surface area (Å²) in [6.07, 6.45) is 4.09. The van der Waals surface area contributed by atoms with Crippen LogP contribution in [0.4, 0.5) is 0 Å². The molecule has 0 saturated carbocycles. The van der Waals surface area contributed by atoms with E-state index in [1.54, 1.807) is 25.8 Å². The molecule has 3 N–H and O–H groups in total. The number of aromatic nitrogens is 1. The lowest BCUT2D eigenvalue weighted by Gasteiger charge is -2.35. The van der Waals surface area contributed by atoms with Crippen molar-refractivity contribution in [2.75, 3.05) is 26.6 Å². The number of amides is 2. The van der Waals surface area contributed by atoms with Crippen molar-refractivity contribution in [1.82, 2.24) is 26.1 Å². The number of pyridine rings is 1. The Hall–Kier alpha value is -3.42. The summed E-state index contributed by atoms with van der Waals surface area (Å²) < 4.78 is 22.1. The highest BCUT2D eigenvalue weighted by atomic mass is 16.7. The lowest BCUT2D eigenvalue weighted by atomic mass is 10.0. The molecule has 0 radical (unpaired) electrons. The van der Waals surface area contributed by atoms with Crippen molar-refractivity contribution in [3.63, 3.8) is 0 Å². The maximum atomic E-state index is 13.3. The number of nitrogens with one attached hydrogen (secondary N) is 3. The molecule has 2 aromatic rings. The quantitative estimate of drug-likeness (QED) is 0.332. The summed E-state index contributed by atoms with van der Waals surface area (Å²) in [7, 11) is 0. The maximum absolute atomic E-state index is 13.3. The Morgan fingerprint density at radius 2 is 1.86 bits per heavy atom. The van der Waals surface area contributed by atoms with E-state index in [2.05, 4.69) is 29.0 Å². The third-order valence-electron chi connectivity index (χ3n) is 7.76. The van der Waals surface area contributed by atoms with Crippen molar-refractivity contribution in [3.8, 4) is 0 Å². The van der Waals surface area contributed by atoms with Crippen LogP contribution in [0.15, 0.2) is 36.4 Å². The Morgan fingerprint density at radius 3 is 2.67 bits per heavy atom. The molecule has 5 rings (SSSR count). The molecule has 3 aliphatic rings. The van der Waals surface area contributed by atoms with Crippen LogP contribution in [0, 0.1) is 5.92 Å². The minimum Gasteiger partial charge on any atom is -0.450 e. The highest BCUT2D eigenvalue weighted by molar-refractivity contribution is 5.90. The third-order valence-corrected chi connectivity index (χ3v) is 7.76. The minimum absolute atomic E-state index is 0.0508. The van der Waals surface area contributed by atoms with Crippen molar-refractivity contribution in [3.05, 3.63) is 47.7 Å². The molecule has 2 unspecified atom stereocenters. The Balaban J connectivity index is 1.31. The van der Waals surface area contributed by atoms with E-state index in [9.17, 15) is 14.4 Å². The molecular weight excluding hydrogens is 554 g/mol. The topological polar surface area (TPSA) is 144 Å². The molecular formula is C31H41N5O7. The van der Waals surface area contributed by atoms with E-state index in [1.807, 2.05) is 36.4 Å². The molecule has 43 heavy (non-hydrogen) atoms. The summed E-state index contributed by atoms with van der Waals surface area (Å²) in [5.41, 5.74) is 6.07. The fourth-order valence-corrected chi connectivity index (χ4v) is 5.34. The standard InChI is InChI=1S/C31H41N5O7/c1-18(2)27-29(38)32-20(4)31(39)36-13-5-8-24(35-36)28-30(43-28)33-19(3)23-12-11-22-10-9-21(15-25(22)34-23)7-6-14-40-17-41-16-26(37)42-27/h6-7,9-12,15,18-20,24,27-28,30,33,35H,5,8,13-14,16-17H2,1-4H3,(H,32,38)/b7-6+/t19-,20+,24+,27+,28?,30?/m1/s1. The molecule has 0 spiro atoms. The molecule has 1 aromatic carbocycles. The maximum Gasteiger partial charge on any atom is 0.332 e. The predicted octanol–water partition coefficient (Wildman–Crippen LogP) is 2.20. The van der Waals surface area contributed by atoms with Gasteiger partial charge in [0.2, 0.25) is 0 Å². The molecule has 1 aromatic heterocycles. The number of benzene rings is 1. The van der Waals surface area contributed by atoms with Crippen molar-refractivity contribution in [1.29, 1.82) is 0 Å². The average Bonchev–Trinajstić information content (AvgIpc) is 3.76. The number of cyclic esters (lactones) is 1. The van der Waals surface area contributed by atoms with Gasteiger partial charge in [0.1, 0.15) is 31.8 Å². The third kappa shape index (κ3) is 7.95.